The van der Waals surface area contributed by atoms with E-state index >= 15 is 0 Å². The Bertz CT molecular complexity index is 1010. The van der Waals surface area contributed by atoms with Gasteiger partial charge in [-0.3, -0.25) is 14.6 Å². The van der Waals surface area contributed by atoms with Crippen LogP contribution in [0.1, 0.15) is 23.2 Å². The van der Waals surface area contributed by atoms with Crippen LogP contribution in [0.25, 0.3) is 11.3 Å². The monoisotopic (exact) mass is 378 g/mol. The summed E-state index contributed by atoms with van der Waals surface area (Å²) in [5.74, 6) is 0.523. The van der Waals surface area contributed by atoms with Crippen LogP contribution in [-0.2, 0) is 6.54 Å². The lowest BCUT2D eigenvalue weighted by Gasteiger charge is -2.33. The van der Waals surface area contributed by atoms with E-state index in [4.69, 9.17) is 5.73 Å². The second-order valence-electron chi connectivity index (χ2n) is 7.11. The second-order valence-corrected chi connectivity index (χ2v) is 7.11. The number of carbonyl (C=O) groups excluding carboxylic acids is 1. The zero-order chi connectivity index (χ0) is 19.5. The van der Waals surface area contributed by atoms with Crippen molar-refractivity contribution in [2.24, 2.45) is 5.92 Å². The normalized spacial score (nSPS) is 16.9. The number of nitrogens with two attached hydrogens (primary N) is 1. The summed E-state index contributed by atoms with van der Waals surface area (Å²) >= 11 is 0. The first-order valence-corrected chi connectivity index (χ1v) is 9.31. The van der Waals surface area contributed by atoms with Crippen molar-refractivity contribution in [2.45, 2.75) is 19.4 Å². The number of nitrogens with zero attached hydrogens (tertiary/aromatic N) is 4. The summed E-state index contributed by atoms with van der Waals surface area (Å²) < 4.78 is 2.06. The van der Waals surface area contributed by atoms with Gasteiger partial charge in [0.05, 0.1) is 12.0 Å². The molecule has 0 bridgehead atoms. The predicted octanol–water partition coefficient (Wildman–Crippen LogP) is 1.77. The topological polar surface area (TPSA) is 110 Å². The van der Waals surface area contributed by atoms with Crippen LogP contribution >= 0.6 is 0 Å². The summed E-state index contributed by atoms with van der Waals surface area (Å²) in [6.07, 6.45) is 7.65. The lowest BCUT2D eigenvalue weighted by molar-refractivity contribution is 0.0662. The minimum Gasteiger partial charge on any atom is -0.369 e. The average Bonchev–Trinajstić information content (AvgIpc) is 3.20. The van der Waals surface area contributed by atoms with Gasteiger partial charge in [-0.2, -0.15) is 0 Å². The van der Waals surface area contributed by atoms with Crippen molar-refractivity contribution in [1.82, 2.24) is 24.4 Å². The van der Waals surface area contributed by atoms with Gasteiger partial charge in [-0.15, -0.1) is 0 Å². The van der Waals surface area contributed by atoms with Crippen molar-refractivity contribution < 1.29 is 4.79 Å². The van der Waals surface area contributed by atoms with Crippen molar-refractivity contribution in [1.29, 1.82) is 0 Å². The highest BCUT2D eigenvalue weighted by Crippen LogP contribution is 2.22. The number of nitrogen functional groups attached to an aromatic ring is 1. The lowest BCUT2D eigenvalue weighted by atomic mass is 9.97. The highest BCUT2D eigenvalue weighted by atomic mass is 16.2. The Labute approximate surface area is 162 Å². The molecule has 0 saturated carbocycles. The number of rotatable bonds is 4. The summed E-state index contributed by atoms with van der Waals surface area (Å²) in [6, 6.07) is 8.52. The number of aromatic amines is 1. The molecule has 3 heterocycles. The van der Waals surface area contributed by atoms with Crippen molar-refractivity contribution in [3.8, 4) is 11.3 Å². The van der Waals surface area contributed by atoms with Crippen LogP contribution < -0.4 is 11.3 Å². The standard InChI is InChI=1S/C20H22N6O2/c21-20-23-17(10-18(27)24-20)15-3-5-16(6-4-15)19(28)26-8-1-2-14(12-26)11-25-9-7-22-13-25/h3-7,9-10,13-14H,1-2,8,11-12H2,(H3,21,23,24,27)/t14-/m0/s1. The van der Waals surface area contributed by atoms with Crippen LogP contribution in [-0.4, -0.2) is 43.4 Å². The maximum atomic E-state index is 12.9. The molecule has 8 heteroatoms. The van der Waals surface area contributed by atoms with E-state index in [2.05, 4.69) is 19.5 Å². The summed E-state index contributed by atoms with van der Waals surface area (Å²) in [5, 5.41) is 0. The third-order valence-electron chi connectivity index (χ3n) is 5.02. The van der Waals surface area contributed by atoms with E-state index in [0.29, 0.717) is 17.2 Å². The highest BCUT2D eigenvalue weighted by Gasteiger charge is 2.24. The number of likely N-dealkylation sites (tertiary alicyclic amines) is 1. The molecule has 1 atom stereocenters. The Hall–Kier alpha value is -3.42. The molecule has 144 valence electrons. The van der Waals surface area contributed by atoms with E-state index in [0.717, 1.165) is 38.0 Å². The molecule has 0 unspecified atom stereocenters. The fraction of sp³-hybridized carbons (Fsp3) is 0.300. The molecular weight excluding hydrogens is 356 g/mol. The molecule has 0 aliphatic carbocycles. The van der Waals surface area contributed by atoms with Crippen LogP contribution in [0.3, 0.4) is 0 Å². The molecule has 1 fully saturated rings. The van der Waals surface area contributed by atoms with E-state index in [9.17, 15) is 9.59 Å². The van der Waals surface area contributed by atoms with Gasteiger partial charge in [-0.25, -0.2) is 9.97 Å². The minimum absolute atomic E-state index is 0.0280. The lowest BCUT2D eigenvalue weighted by Crippen LogP contribution is -2.41. The number of carbonyl (C=O) groups is 1. The van der Waals surface area contributed by atoms with Crippen LogP contribution in [0.5, 0.6) is 0 Å². The van der Waals surface area contributed by atoms with Crippen molar-refractivity contribution in [3.05, 3.63) is 65.0 Å². The third kappa shape index (κ3) is 3.95. The molecule has 1 amide bonds. The molecule has 8 nitrogen and oxygen atoms in total. The van der Waals surface area contributed by atoms with Crippen LogP contribution in [0.15, 0.2) is 53.8 Å². The smallest absolute Gasteiger partial charge is 0.253 e. The fourth-order valence-corrected chi connectivity index (χ4v) is 3.68. The number of amides is 1. The molecule has 1 saturated heterocycles. The molecule has 28 heavy (non-hydrogen) atoms. The Kier molecular flexibility index (Phi) is 4.92. The number of nitrogens with one attached hydrogen (secondary N) is 1. The van der Waals surface area contributed by atoms with Crippen LogP contribution in [0.4, 0.5) is 5.95 Å². The van der Waals surface area contributed by atoms with Gasteiger partial charge in [-0.1, -0.05) is 12.1 Å². The SMILES string of the molecule is Nc1nc(-c2ccc(C(=O)N3CCC[C@@H](Cn4ccnc4)C3)cc2)cc(=O)[nH]1. The largest absolute Gasteiger partial charge is 0.369 e. The molecule has 2 aromatic heterocycles. The zero-order valence-electron chi connectivity index (χ0n) is 15.4. The molecule has 0 radical (unpaired) electrons. The molecule has 1 aliphatic rings. The van der Waals surface area contributed by atoms with Gasteiger partial charge in [0.1, 0.15) is 0 Å². The van der Waals surface area contributed by atoms with Gasteiger partial charge >= 0.3 is 0 Å². The van der Waals surface area contributed by atoms with Gasteiger partial charge in [-0.05, 0) is 30.9 Å². The van der Waals surface area contributed by atoms with E-state index in [1.165, 1.54) is 6.07 Å². The first-order valence-electron chi connectivity index (χ1n) is 9.31. The molecule has 1 aromatic carbocycles. The van der Waals surface area contributed by atoms with Gasteiger partial charge in [0.25, 0.3) is 11.5 Å². The molecule has 1 aliphatic heterocycles. The van der Waals surface area contributed by atoms with Gasteiger partial charge < -0.3 is 15.2 Å². The van der Waals surface area contributed by atoms with E-state index < -0.39 is 0 Å². The van der Waals surface area contributed by atoms with Crippen LogP contribution in [0.2, 0.25) is 0 Å². The number of anilines is 1. The second kappa shape index (κ2) is 7.67. The maximum absolute atomic E-state index is 12.9. The first-order chi connectivity index (χ1) is 13.6. The number of H-pyrrole nitrogens is 1. The molecular formula is C20H22N6O2. The predicted molar refractivity (Wildman–Crippen MR) is 106 cm³/mol. The number of hydrogen-bond donors (Lipinski definition) is 2. The van der Waals surface area contributed by atoms with Crippen molar-refractivity contribution in [3.63, 3.8) is 0 Å². The van der Waals surface area contributed by atoms with E-state index in [1.807, 2.05) is 17.4 Å². The Morgan fingerprint density at radius 3 is 2.82 bits per heavy atom. The van der Waals surface area contributed by atoms with Gasteiger partial charge in [0.15, 0.2) is 0 Å². The van der Waals surface area contributed by atoms with E-state index in [-0.39, 0.29) is 17.4 Å². The molecule has 3 aromatic rings. The quantitative estimate of drug-likeness (QED) is 0.719. The maximum Gasteiger partial charge on any atom is 0.253 e. The number of hydrogen-bond acceptors (Lipinski definition) is 5. The third-order valence-corrected chi connectivity index (χ3v) is 5.02. The van der Waals surface area contributed by atoms with Crippen LogP contribution in [0, 0.1) is 5.92 Å². The van der Waals surface area contributed by atoms with Gasteiger partial charge in [0, 0.05) is 49.2 Å². The zero-order valence-corrected chi connectivity index (χ0v) is 15.4. The average molecular weight is 378 g/mol. The number of imidazole rings is 1. The first kappa shape index (κ1) is 18.0. The number of benzene rings is 1. The fourth-order valence-electron chi connectivity index (χ4n) is 3.68. The molecule has 0 spiro atoms. The summed E-state index contributed by atoms with van der Waals surface area (Å²) in [6.45, 7) is 2.39. The molecule has 3 N–H and O–H groups in total. The summed E-state index contributed by atoms with van der Waals surface area (Å²) in [4.78, 5) is 37.0. The van der Waals surface area contributed by atoms with Crippen molar-refractivity contribution in [2.75, 3.05) is 18.8 Å². The Morgan fingerprint density at radius 2 is 2.11 bits per heavy atom. The number of aromatic nitrogens is 4. The summed E-state index contributed by atoms with van der Waals surface area (Å²) in [5.41, 5.74) is 7.15. The van der Waals surface area contributed by atoms with E-state index in [1.54, 1.807) is 30.5 Å². The Morgan fingerprint density at radius 1 is 1.29 bits per heavy atom. The minimum atomic E-state index is -0.306. The Balaban J connectivity index is 1.46. The molecule has 4 rings (SSSR count). The van der Waals surface area contributed by atoms with Gasteiger partial charge in [0.2, 0.25) is 5.95 Å². The highest BCUT2D eigenvalue weighted by molar-refractivity contribution is 5.94. The number of piperidine rings is 1. The summed E-state index contributed by atoms with van der Waals surface area (Å²) in [7, 11) is 0. The van der Waals surface area contributed by atoms with Crippen molar-refractivity contribution >= 4 is 11.9 Å².